The molecular weight excluding hydrogens is 396 g/mol. The van der Waals surface area contributed by atoms with Crippen molar-refractivity contribution in [3.63, 3.8) is 0 Å². The highest BCUT2D eigenvalue weighted by atomic mass is 79.9. The number of H-pyrrole nitrogens is 2. The van der Waals surface area contributed by atoms with E-state index in [4.69, 9.17) is 4.74 Å². The second kappa shape index (κ2) is 7.21. The Labute approximate surface area is 131 Å². The maximum Gasteiger partial charge on any atom is 0.323 e. The summed E-state index contributed by atoms with van der Waals surface area (Å²) in [5.41, 5.74) is 0.714. The molecule has 0 saturated carbocycles. The van der Waals surface area contributed by atoms with Crippen molar-refractivity contribution in [3.8, 4) is 5.75 Å². The average Bonchev–Trinajstić information content (AvgIpc) is 2.78. The van der Waals surface area contributed by atoms with Crippen LogP contribution in [-0.4, -0.2) is 20.7 Å². The Bertz CT molecular complexity index is 585. The molecule has 0 aliphatic heterocycles. The minimum atomic E-state index is -0.171. The minimum absolute atomic E-state index is 0.0816. The van der Waals surface area contributed by atoms with Gasteiger partial charge in [0.15, 0.2) is 5.01 Å². The van der Waals surface area contributed by atoms with E-state index < -0.39 is 0 Å². The molecule has 0 aliphatic rings. The summed E-state index contributed by atoms with van der Waals surface area (Å²) in [6, 6.07) is 7.72. The fourth-order valence-corrected chi connectivity index (χ4v) is 3.31. The smallest absolute Gasteiger partial charge is 0.323 e. The van der Waals surface area contributed by atoms with E-state index >= 15 is 0 Å². The van der Waals surface area contributed by atoms with Crippen LogP contribution in [0.1, 0.15) is 5.69 Å². The average molecular weight is 408 g/mol. The second-order valence-electron chi connectivity index (χ2n) is 3.74. The topological polar surface area (TPSA) is 57.9 Å². The van der Waals surface area contributed by atoms with Crippen LogP contribution in [0.3, 0.4) is 0 Å². The van der Waals surface area contributed by atoms with E-state index in [0.29, 0.717) is 0 Å². The number of alkyl halides is 1. The Morgan fingerprint density at radius 2 is 2.16 bits per heavy atom. The summed E-state index contributed by atoms with van der Waals surface area (Å²) in [7, 11) is 0. The zero-order valence-corrected chi connectivity index (χ0v) is 13.8. The lowest BCUT2D eigenvalue weighted by atomic mass is 10.3. The first-order valence-corrected chi connectivity index (χ1v) is 8.41. The van der Waals surface area contributed by atoms with Gasteiger partial charge in [-0.3, -0.25) is 0 Å². The number of aromatic nitrogens is 2. The molecule has 1 unspecified atom stereocenters. The highest BCUT2D eigenvalue weighted by molar-refractivity contribution is 9.10. The van der Waals surface area contributed by atoms with E-state index in [1.54, 1.807) is 18.0 Å². The first-order valence-electron chi connectivity index (χ1n) is 5.55. The number of nitrogens with one attached hydrogen (secondary N) is 2. The van der Waals surface area contributed by atoms with Gasteiger partial charge in [0, 0.05) is 23.4 Å². The minimum Gasteiger partial charge on any atom is -0.477 e. The maximum absolute atomic E-state index is 10.9. The van der Waals surface area contributed by atoms with E-state index in [9.17, 15) is 4.79 Å². The molecule has 1 aromatic heterocycles. The van der Waals surface area contributed by atoms with Gasteiger partial charge in [0.2, 0.25) is 0 Å². The summed E-state index contributed by atoms with van der Waals surface area (Å²) in [6.45, 7) is 0. The molecule has 1 atom stereocenters. The van der Waals surface area contributed by atoms with Gasteiger partial charge in [-0.1, -0.05) is 12.1 Å². The molecular formula is C12H12Br2N2O2S. The molecule has 0 saturated heterocycles. The summed E-state index contributed by atoms with van der Waals surface area (Å²) in [6.07, 6.45) is 1.69. The van der Waals surface area contributed by atoms with E-state index in [-0.39, 0.29) is 10.7 Å². The van der Waals surface area contributed by atoms with Gasteiger partial charge in [0.1, 0.15) is 5.75 Å². The molecule has 0 amide bonds. The SMILES string of the molecule is O=c1[nH]cc(CSCC(Br)Oc2ccccc2Br)[nH]1. The van der Waals surface area contributed by atoms with Gasteiger partial charge in [-0.2, -0.15) is 11.8 Å². The predicted molar refractivity (Wildman–Crippen MR) is 85.1 cm³/mol. The van der Waals surface area contributed by atoms with E-state index in [1.165, 1.54) is 0 Å². The number of para-hydroxylation sites is 1. The molecule has 0 spiro atoms. The van der Waals surface area contributed by atoms with Crippen LogP contribution in [-0.2, 0) is 5.75 Å². The molecule has 19 heavy (non-hydrogen) atoms. The van der Waals surface area contributed by atoms with Crippen LogP contribution < -0.4 is 10.4 Å². The Balaban J connectivity index is 1.77. The zero-order chi connectivity index (χ0) is 13.7. The molecule has 2 aromatic rings. The Morgan fingerprint density at radius 1 is 1.37 bits per heavy atom. The van der Waals surface area contributed by atoms with Crippen molar-refractivity contribution in [1.29, 1.82) is 0 Å². The number of hydrogen-bond donors (Lipinski definition) is 2. The summed E-state index contributed by atoms with van der Waals surface area (Å²) in [5, 5.41) is -0.0816. The van der Waals surface area contributed by atoms with Crippen molar-refractivity contribution < 1.29 is 4.74 Å². The normalized spacial score (nSPS) is 12.3. The van der Waals surface area contributed by atoms with E-state index in [2.05, 4.69) is 41.8 Å². The van der Waals surface area contributed by atoms with Crippen molar-refractivity contribution in [2.75, 3.05) is 5.75 Å². The van der Waals surface area contributed by atoms with Gasteiger partial charge in [0.25, 0.3) is 0 Å². The third-order valence-corrected chi connectivity index (χ3v) is 4.90. The summed E-state index contributed by atoms with van der Waals surface area (Å²) in [5.74, 6) is 2.31. The number of aromatic amines is 2. The van der Waals surface area contributed by atoms with Crippen LogP contribution in [0.15, 0.2) is 39.7 Å². The molecule has 1 aromatic carbocycles. The number of benzene rings is 1. The third kappa shape index (κ3) is 4.74. The van der Waals surface area contributed by atoms with Crippen LogP contribution in [0, 0.1) is 0 Å². The molecule has 0 aliphatic carbocycles. The largest absolute Gasteiger partial charge is 0.477 e. The van der Waals surface area contributed by atoms with Gasteiger partial charge in [0.05, 0.1) is 4.47 Å². The van der Waals surface area contributed by atoms with Crippen molar-refractivity contribution in [3.05, 3.63) is 51.1 Å². The van der Waals surface area contributed by atoms with Crippen molar-refractivity contribution in [1.82, 2.24) is 9.97 Å². The Morgan fingerprint density at radius 3 is 2.84 bits per heavy atom. The molecule has 102 valence electrons. The molecule has 0 radical (unpaired) electrons. The van der Waals surface area contributed by atoms with Crippen molar-refractivity contribution in [2.24, 2.45) is 0 Å². The number of hydrogen-bond acceptors (Lipinski definition) is 3. The lowest BCUT2D eigenvalue weighted by molar-refractivity contribution is 0.316. The van der Waals surface area contributed by atoms with Crippen LogP contribution in [0.25, 0.3) is 0 Å². The number of thioether (sulfide) groups is 1. The van der Waals surface area contributed by atoms with Gasteiger partial charge >= 0.3 is 5.69 Å². The summed E-state index contributed by atoms with van der Waals surface area (Å²) in [4.78, 5) is 16.2. The van der Waals surface area contributed by atoms with Crippen LogP contribution in [0.4, 0.5) is 0 Å². The number of ether oxygens (including phenoxy) is 1. The molecule has 2 rings (SSSR count). The van der Waals surface area contributed by atoms with Gasteiger partial charge < -0.3 is 14.7 Å². The molecule has 1 heterocycles. The molecule has 4 nitrogen and oxygen atoms in total. The molecule has 0 bridgehead atoms. The fraction of sp³-hybridized carbons (Fsp3) is 0.250. The second-order valence-corrected chi connectivity index (χ2v) is 6.65. The number of halogens is 2. The van der Waals surface area contributed by atoms with Gasteiger partial charge in [-0.25, -0.2) is 4.79 Å². The first kappa shape index (κ1) is 14.7. The van der Waals surface area contributed by atoms with Crippen LogP contribution in [0.2, 0.25) is 0 Å². The summed E-state index contributed by atoms with van der Waals surface area (Å²) >= 11 is 8.60. The van der Waals surface area contributed by atoms with E-state index in [1.807, 2.05) is 24.3 Å². The lowest BCUT2D eigenvalue weighted by Crippen LogP contribution is -2.11. The fourth-order valence-electron chi connectivity index (χ4n) is 1.42. The van der Waals surface area contributed by atoms with Crippen molar-refractivity contribution >= 4 is 43.6 Å². The monoisotopic (exact) mass is 406 g/mol. The highest BCUT2D eigenvalue weighted by Gasteiger charge is 2.08. The summed E-state index contributed by atoms with van der Waals surface area (Å²) < 4.78 is 6.69. The van der Waals surface area contributed by atoms with E-state index in [0.717, 1.165) is 27.4 Å². The Hall–Kier alpha value is -0.660. The number of imidazole rings is 1. The number of rotatable bonds is 6. The zero-order valence-electron chi connectivity index (χ0n) is 9.86. The quantitative estimate of drug-likeness (QED) is 0.720. The maximum atomic E-state index is 10.9. The van der Waals surface area contributed by atoms with Gasteiger partial charge in [-0.15, -0.1) is 0 Å². The predicted octanol–water partition coefficient (Wildman–Crippen LogP) is 3.50. The third-order valence-electron chi connectivity index (χ3n) is 2.25. The molecule has 0 fully saturated rings. The first-order chi connectivity index (χ1) is 9.15. The van der Waals surface area contributed by atoms with Crippen molar-refractivity contribution in [2.45, 2.75) is 10.8 Å². The van der Waals surface area contributed by atoms with Gasteiger partial charge in [-0.05, 0) is 44.0 Å². The molecule has 7 heteroatoms. The standard InChI is InChI=1S/C12H12Br2N2O2S/c13-9-3-1-2-4-10(9)18-11(14)7-19-6-8-5-15-12(17)16-8/h1-5,11H,6-7H2,(H2,15,16,17). The lowest BCUT2D eigenvalue weighted by Gasteiger charge is -2.13. The highest BCUT2D eigenvalue weighted by Crippen LogP contribution is 2.27. The Kier molecular flexibility index (Phi) is 5.59. The van der Waals surface area contributed by atoms with Crippen LogP contribution in [0.5, 0.6) is 5.75 Å². The molecule has 2 N–H and O–H groups in total. The van der Waals surface area contributed by atoms with Crippen LogP contribution >= 0.6 is 43.6 Å².